The number of rotatable bonds is 6. The van der Waals surface area contributed by atoms with Gasteiger partial charge in [0.25, 0.3) is 5.91 Å². The third-order valence-electron chi connectivity index (χ3n) is 3.38. The Morgan fingerprint density at radius 3 is 2.35 bits per heavy atom. The van der Waals surface area contributed by atoms with E-state index in [1.807, 2.05) is 41.8 Å². The van der Waals surface area contributed by atoms with Crippen LogP contribution < -0.4 is 5.73 Å². The zero-order valence-corrected chi connectivity index (χ0v) is 13.4. The summed E-state index contributed by atoms with van der Waals surface area (Å²) in [5.74, 6) is 0.112. The van der Waals surface area contributed by atoms with Crippen molar-refractivity contribution in [2.24, 2.45) is 0 Å². The molecule has 1 amide bonds. The van der Waals surface area contributed by atoms with Crippen LogP contribution in [0.5, 0.6) is 0 Å². The number of carbonyl (C=O) groups excluding carboxylic acids is 1. The minimum Gasteiger partial charge on any atom is -0.395 e. The van der Waals surface area contributed by atoms with Crippen LogP contribution in [0.1, 0.15) is 49.8 Å². The van der Waals surface area contributed by atoms with Crippen molar-refractivity contribution in [1.29, 1.82) is 0 Å². The van der Waals surface area contributed by atoms with Crippen LogP contribution in [0.25, 0.3) is 0 Å². The number of aromatic amines is 1. The number of hydrogen-bond donors (Lipinski definition) is 2. The van der Waals surface area contributed by atoms with Gasteiger partial charge in [-0.15, -0.1) is 0 Å². The molecule has 0 aliphatic rings. The Kier molecular flexibility index (Phi) is 5.56. The molecule has 6 nitrogen and oxygen atoms in total. The van der Waals surface area contributed by atoms with Crippen molar-refractivity contribution < 1.29 is 4.79 Å². The van der Waals surface area contributed by atoms with E-state index in [9.17, 15) is 4.79 Å². The number of H-pyrrole nitrogens is 1. The lowest BCUT2D eigenvalue weighted by molar-refractivity contribution is 0.0674. The first-order valence-corrected chi connectivity index (χ1v) is 7.08. The fraction of sp³-hybridized carbons (Fsp3) is 0.714. The van der Waals surface area contributed by atoms with Gasteiger partial charge in [0.2, 0.25) is 0 Å². The van der Waals surface area contributed by atoms with Gasteiger partial charge < -0.3 is 15.5 Å². The number of anilines is 1. The van der Waals surface area contributed by atoms with Crippen LogP contribution in [0.2, 0.25) is 0 Å². The summed E-state index contributed by atoms with van der Waals surface area (Å²) in [5.41, 5.74) is 7.68. The number of nitrogens with one attached hydrogen (secondary N) is 1. The number of nitrogens with two attached hydrogens (primary N) is 1. The second-order valence-corrected chi connectivity index (χ2v) is 5.76. The molecule has 1 atom stereocenters. The lowest BCUT2D eigenvalue weighted by atomic mass is 10.1. The molecule has 6 heteroatoms. The van der Waals surface area contributed by atoms with Crippen molar-refractivity contribution in [3.8, 4) is 0 Å². The molecule has 0 aromatic carbocycles. The average Bonchev–Trinajstić information content (AvgIpc) is 2.70. The van der Waals surface area contributed by atoms with Gasteiger partial charge in [-0.3, -0.25) is 9.89 Å². The second-order valence-electron chi connectivity index (χ2n) is 5.76. The fourth-order valence-electron chi connectivity index (χ4n) is 2.39. The Balaban J connectivity index is 2.97. The number of nitrogens with zero attached hydrogens (tertiary/aromatic N) is 3. The summed E-state index contributed by atoms with van der Waals surface area (Å²) >= 11 is 0. The predicted octanol–water partition coefficient (Wildman–Crippen LogP) is 1.53. The summed E-state index contributed by atoms with van der Waals surface area (Å²) in [7, 11) is 3.99. The first-order valence-electron chi connectivity index (χ1n) is 7.08. The van der Waals surface area contributed by atoms with E-state index in [1.54, 1.807) is 4.90 Å². The predicted molar refractivity (Wildman–Crippen MR) is 81.8 cm³/mol. The van der Waals surface area contributed by atoms with Gasteiger partial charge in [0.1, 0.15) is 0 Å². The minimum atomic E-state index is -0.109. The molecule has 1 unspecified atom stereocenters. The smallest absolute Gasteiger partial charge is 0.276 e. The van der Waals surface area contributed by atoms with Crippen LogP contribution in [0, 0.1) is 0 Å². The molecule has 0 bridgehead atoms. The average molecular weight is 281 g/mol. The summed E-state index contributed by atoms with van der Waals surface area (Å²) in [6.45, 7) is 9.48. The highest BCUT2D eigenvalue weighted by molar-refractivity contribution is 5.97. The molecule has 0 spiro atoms. The molecular weight excluding hydrogens is 254 g/mol. The molecule has 1 aromatic rings. The van der Waals surface area contributed by atoms with Gasteiger partial charge in [0.15, 0.2) is 5.69 Å². The summed E-state index contributed by atoms with van der Waals surface area (Å²) in [5, 5.41) is 6.99. The molecule has 0 aliphatic carbocycles. The highest BCUT2D eigenvalue weighted by Gasteiger charge is 2.26. The SMILES string of the molecule is CCN(C(=O)c1n[nH]c(C(C)C)c1N)C(C)CN(C)C. The van der Waals surface area contributed by atoms with Gasteiger partial charge in [-0.25, -0.2) is 0 Å². The van der Waals surface area contributed by atoms with Crippen molar-refractivity contribution in [2.75, 3.05) is 32.9 Å². The van der Waals surface area contributed by atoms with Crippen LogP contribution in [-0.2, 0) is 0 Å². The van der Waals surface area contributed by atoms with E-state index in [0.29, 0.717) is 17.9 Å². The molecular formula is C14H27N5O. The minimum absolute atomic E-state index is 0.109. The van der Waals surface area contributed by atoms with E-state index in [0.717, 1.165) is 12.2 Å². The van der Waals surface area contributed by atoms with Crippen molar-refractivity contribution >= 4 is 11.6 Å². The second kappa shape index (κ2) is 6.74. The van der Waals surface area contributed by atoms with Crippen LogP contribution in [-0.4, -0.2) is 59.1 Å². The summed E-state index contributed by atoms with van der Waals surface area (Å²) in [4.78, 5) is 16.5. The third kappa shape index (κ3) is 3.50. The lowest BCUT2D eigenvalue weighted by Crippen LogP contribution is -2.44. The third-order valence-corrected chi connectivity index (χ3v) is 3.38. The molecule has 1 aromatic heterocycles. The summed E-state index contributed by atoms with van der Waals surface area (Å²) in [6, 6.07) is 0.112. The van der Waals surface area contributed by atoms with Crippen LogP contribution in [0.4, 0.5) is 5.69 Å². The first-order chi connectivity index (χ1) is 9.29. The van der Waals surface area contributed by atoms with Gasteiger partial charge in [0, 0.05) is 19.1 Å². The molecule has 1 heterocycles. The van der Waals surface area contributed by atoms with Gasteiger partial charge in [-0.05, 0) is 33.9 Å². The normalized spacial score (nSPS) is 13.0. The van der Waals surface area contributed by atoms with E-state index < -0.39 is 0 Å². The van der Waals surface area contributed by atoms with E-state index in [1.165, 1.54) is 0 Å². The number of hydrogen-bond acceptors (Lipinski definition) is 4. The van der Waals surface area contributed by atoms with Gasteiger partial charge in [0.05, 0.1) is 11.4 Å². The van der Waals surface area contributed by atoms with Gasteiger partial charge in [-0.1, -0.05) is 13.8 Å². The molecule has 0 saturated heterocycles. The van der Waals surface area contributed by atoms with E-state index in [4.69, 9.17) is 5.73 Å². The summed E-state index contributed by atoms with van der Waals surface area (Å²) in [6.07, 6.45) is 0. The molecule has 0 saturated carbocycles. The van der Waals surface area contributed by atoms with Crippen LogP contribution in [0.3, 0.4) is 0 Å². The topological polar surface area (TPSA) is 78.2 Å². The van der Waals surface area contributed by atoms with E-state index >= 15 is 0 Å². The summed E-state index contributed by atoms with van der Waals surface area (Å²) < 4.78 is 0. The maximum absolute atomic E-state index is 12.6. The standard InChI is InChI=1S/C14H27N5O/c1-7-19(10(4)8-18(5)6)14(20)13-11(15)12(9(2)3)16-17-13/h9-10H,7-8,15H2,1-6H3,(H,16,17). The molecule has 3 N–H and O–H groups in total. The first kappa shape index (κ1) is 16.5. The maximum atomic E-state index is 12.6. The molecule has 0 radical (unpaired) electrons. The molecule has 0 aliphatic heterocycles. The molecule has 20 heavy (non-hydrogen) atoms. The quantitative estimate of drug-likeness (QED) is 0.829. The highest BCUT2D eigenvalue weighted by atomic mass is 16.2. The van der Waals surface area contributed by atoms with Gasteiger partial charge >= 0.3 is 0 Å². The number of amides is 1. The van der Waals surface area contributed by atoms with Crippen LogP contribution in [0.15, 0.2) is 0 Å². The van der Waals surface area contributed by atoms with Crippen molar-refractivity contribution in [1.82, 2.24) is 20.0 Å². The maximum Gasteiger partial charge on any atom is 0.276 e. The highest BCUT2D eigenvalue weighted by Crippen LogP contribution is 2.23. The van der Waals surface area contributed by atoms with Crippen LogP contribution >= 0.6 is 0 Å². The largest absolute Gasteiger partial charge is 0.395 e. The number of nitrogen functional groups attached to an aromatic ring is 1. The van der Waals surface area contributed by atoms with Crippen molar-refractivity contribution in [3.05, 3.63) is 11.4 Å². The van der Waals surface area contributed by atoms with E-state index in [2.05, 4.69) is 15.1 Å². The van der Waals surface area contributed by atoms with Crippen molar-refractivity contribution in [2.45, 2.75) is 39.7 Å². The zero-order valence-electron chi connectivity index (χ0n) is 13.4. The molecule has 114 valence electrons. The molecule has 0 fully saturated rings. The number of likely N-dealkylation sites (N-methyl/N-ethyl adjacent to an activating group) is 2. The Morgan fingerprint density at radius 1 is 1.35 bits per heavy atom. The Bertz CT molecular complexity index is 452. The Hall–Kier alpha value is -1.56. The Labute approximate surface area is 121 Å². The number of carbonyl (C=O) groups is 1. The Morgan fingerprint density at radius 2 is 1.95 bits per heavy atom. The van der Waals surface area contributed by atoms with E-state index in [-0.39, 0.29) is 17.9 Å². The lowest BCUT2D eigenvalue weighted by Gasteiger charge is -2.29. The number of aromatic nitrogens is 2. The van der Waals surface area contributed by atoms with Crippen molar-refractivity contribution in [3.63, 3.8) is 0 Å². The monoisotopic (exact) mass is 281 g/mol. The fourth-order valence-corrected chi connectivity index (χ4v) is 2.39. The van der Waals surface area contributed by atoms with Gasteiger partial charge in [-0.2, -0.15) is 5.10 Å². The molecule has 1 rings (SSSR count). The zero-order chi connectivity index (χ0) is 15.4.